The summed E-state index contributed by atoms with van der Waals surface area (Å²) >= 11 is 0. The SMILES string of the molecule is COc1ccc(/C=N\NC(=O)CN2CCCC2)cc1OC. The Morgan fingerprint density at radius 3 is 2.67 bits per heavy atom. The number of hydrogen-bond donors (Lipinski definition) is 1. The van der Waals surface area contributed by atoms with E-state index in [1.807, 2.05) is 6.07 Å². The molecule has 0 radical (unpaired) electrons. The second-order valence-corrected chi connectivity index (χ2v) is 4.89. The molecule has 6 heteroatoms. The van der Waals surface area contributed by atoms with Crippen molar-refractivity contribution in [2.75, 3.05) is 33.9 Å². The maximum absolute atomic E-state index is 11.7. The standard InChI is InChI=1S/C15H21N3O3/c1-20-13-6-5-12(9-14(13)21-2)10-16-17-15(19)11-18-7-3-4-8-18/h5-6,9-10H,3-4,7-8,11H2,1-2H3,(H,17,19)/b16-10-. The fraction of sp³-hybridized carbons (Fsp3) is 0.467. The van der Waals surface area contributed by atoms with Gasteiger partial charge in [0.1, 0.15) is 0 Å². The van der Waals surface area contributed by atoms with E-state index in [2.05, 4.69) is 15.4 Å². The second kappa shape index (κ2) is 7.64. The highest BCUT2D eigenvalue weighted by Crippen LogP contribution is 2.26. The molecule has 1 aromatic carbocycles. The summed E-state index contributed by atoms with van der Waals surface area (Å²) in [6.45, 7) is 2.39. The number of hydrogen-bond acceptors (Lipinski definition) is 5. The van der Waals surface area contributed by atoms with Crippen LogP contribution in [0.4, 0.5) is 0 Å². The van der Waals surface area contributed by atoms with E-state index < -0.39 is 0 Å². The lowest BCUT2D eigenvalue weighted by molar-refractivity contribution is -0.121. The average molecular weight is 291 g/mol. The molecule has 21 heavy (non-hydrogen) atoms. The van der Waals surface area contributed by atoms with E-state index in [9.17, 15) is 4.79 Å². The first-order valence-electron chi connectivity index (χ1n) is 6.99. The third-order valence-corrected chi connectivity index (χ3v) is 3.38. The molecule has 0 aliphatic carbocycles. The lowest BCUT2D eigenvalue weighted by Crippen LogP contribution is -2.33. The Labute approximate surface area is 124 Å². The van der Waals surface area contributed by atoms with Crippen molar-refractivity contribution in [3.63, 3.8) is 0 Å². The lowest BCUT2D eigenvalue weighted by atomic mass is 10.2. The van der Waals surface area contributed by atoms with Gasteiger partial charge in [0.2, 0.25) is 0 Å². The number of methoxy groups -OCH3 is 2. The molecule has 1 heterocycles. The van der Waals surface area contributed by atoms with Crippen molar-refractivity contribution in [1.29, 1.82) is 0 Å². The van der Waals surface area contributed by atoms with E-state index in [4.69, 9.17) is 9.47 Å². The van der Waals surface area contributed by atoms with Gasteiger partial charge < -0.3 is 9.47 Å². The number of nitrogens with zero attached hydrogens (tertiary/aromatic N) is 2. The second-order valence-electron chi connectivity index (χ2n) is 4.89. The molecule has 1 aromatic rings. The number of nitrogens with one attached hydrogen (secondary N) is 1. The molecule has 1 aliphatic rings. The van der Waals surface area contributed by atoms with Crippen LogP contribution in [0.3, 0.4) is 0 Å². The van der Waals surface area contributed by atoms with Crippen molar-refractivity contribution in [1.82, 2.24) is 10.3 Å². The van der Waals surface area contributed by atoms with Crippen LogP contribution < -0.4 is 14.9 Å². The minimum absolute atomic E-state index is 0.0892. The topological polar surface area (TPSA) is 63.2 Å². The molecular weight excluding hydrogens is 270 g/mol. The fourth-order valence-corrected chi connectivity index (χ4v) is 2.29. The van der Waals surface area contributed by atoms with Crippen LogP contribution in [-0.4, -0.2) is 50.9 Å². The molecule has 0 saturated carbocycles. The van der Waals surface area contributed by atoms with Crippen LogP contribution in [0.5, 0.6) is 11.5 Å². The molecule has 2 rings (SSSR count). The van der Waals surface area contributed by atoms with Gasteiger partial charge in [0, 0.05) is 0 Å². The first-order valence-corrected chi connectivity index (χ1v) is 6.99. The Kier molecular flexibility index (Phi) is 5.57. The van der Waals surface area contributed by atoms with Gasteiger partial charge in [-0.05, 0) is 49.7 Å². The molecule has 1 fully saturated rings. The number of benzene rings is 1. The molecule has 6 nitrogen and oxygen atoms in total. The van der Waals surface area contributed by atoms with Crippen molar-refractivity contribution in [3.8, 4) is 11.5 Å². The number of hydrazone groups is 1. The summed E-state index contributed by atoms with van der Waals surface area (Å²) in [7, 11) is 3.17. The zero-order valence-electron chi connectivity index (χ0n) is 12.5. The highest BCUT2D eigenvalue weighted by atomic mass is 16.5. The number of amides is 1. The summed E-state index contributed by atoms with van der Waals surface area (Å²) in [5, 5.41) is 3.97. The monoisotopic (exact) mass is 291 g/mol. The predicted molar refractivity (Wildman–Crippen MR) is 81.0 cm³/mol. The van der Waals surface area contributed by atoms with Gasteiger partial charge in [0.25, 0.3) is 5.91 Å². The Morgan fingerprint density at radius 1 is 1.29 bits per heavy atom. The van der Waals surface area contributed by atoms with Crippen molar-refractivity contribution >= 4 is 12.1 Å². The van der Waals surface area contributed by atoms with Crippen LogP contribution in [-0.2, 0) is 4.79 Å². The Bertz CT molecular complexity index is 511. The highest BCUT2D eigenvalue weighted by Gasteiger charge is 2.14. The summed E-state index contributed by atoms with van der Waals surface area (Å²) < 4.78 is 10.4. The van der Waals surface area contributed by atoms with Gasteiger partial charge in [-0.2, -0.15) is 5.10 Å². The first kappa shape index (κ1) is 15.3. The molecule has 1 N–H and O–H groups in total. The summed E-state index contributed by atoms with van der Waals surface area (Å²) in [4.78, 5) is 13.8. The van der Waals surface area contributed by atoms with E-state index in [0.717, 1.165) is 18.7 Å². The van der Waals surface area contributed by atoms with Crippen LogP contribution in [0.25, 0.3) is 0 Å². The van der Waals surface area contributed by atoms with Gasteiger partial charge in [-0.3, -0.25) is 9.69 Å². The summed E-state index contributed by atoms with van der Waals surface area (Å²) in [6.07, 6.45) is 3.92. The molecule has 1 saturated heterocycles. The third-order valence-electron chi connectivity index (χ3n) is 3.38. The highest BCUT2D eigenvalue weighted by molar-refractivity contribution is 5.83. The third kappa shape index (κ3) is 4.46. The van der Waals surface area contributed by atoms with Crippen LogP contribution in [0.2, 0.25) is 0 Å². The Morgan fingerprint density at radius 2 is 2.00 bits per heavy atom. The first-order chi connectivity index (χ1) is 10.2. The molecule has 0 bridgehead atoms. The van der Waals surface area contributed by atoms with Crippen LogP contribution in [0, 0.1) is 0 Å². The molecule has 1 amide bonds. The largest absolute Gasteiger partial charge is 0.493 e. The van der Waals surface area contributed by atoms with E-state index in [-0.39, 0.29) is 5.91 Å². The van der Waals surface area contributed by atoms with Crippen LogP contribution in [0.1, 0.15) is 18.4 Å². The number of likely N-dealkylation sites (tertiary alicyclic amines) is 1. The van der Waals surface area contributed by atoms with Gasteiger partial charge in [-0.15, -0.1) is 0 Å². The molecule has 1 aliphatic heterocycles. The van der Waals surface area contributed by atoms with Gasteiger partial charge in [-0.1, -0.05) is 0 Å². The zero-order valence-corrected chi connectivity index (χ0v) is 12.5. The zero-order chi connectivity index (χ0) is 15.1. The van der Waals surface area contributed by atoms with Crippen molar-refractivity contribution in [2.45, 2.75) is 12.8 Å². The van der Waals surface area contributed by atoms with Crippen molar-refractivity contribution in [3.05, 3.63) is 23.8 Å². The van der Waals surface area contributed by atoms with E-state index in [1.54, 1.807) is 32.6 Å². The van der Waals surface area contributed by atoms with E-state index in [0.29, 0.717) is 18.0 Å². The van der Waals surface area contributed by atoms with Gasteiger partial charge in [-0.25, -0.2) is 5.43 Å². The minimum Gasteiger partial charge on any atom is -0.493 e. The summed E-state index contributed by atoms with van der Waals surface area (Å²) in [5.74, 6) is 1.20. The van der Waals surface area contributed by atoms with Crippen LogP contribution in [0.15, 0.2) is 23.3 Å². The van der Waals surface area contributed by atoms with E-state index >= 15 is 0 Å². The van der Waals surface area contributed by atoms with Crippen molar-refractivity contribution in [2.24, 2.45) is 5.10 Å². The van der Waals surface area contributed by atoms with Gasteiger partial charge in [0.05, 0.1) is 27.0 Å². The maximum Gasteiger partial charge on any atom is 0.254 e. The van der Waals surface area contributed by atoms with Crippen LogP contribution >= 0.6 is 0 Å². The fourth-order valence-electron chi connectivity index (χ4n) is 2.29. The molecule has 0 atom stereocenters. The Hall–Kier alpha value is -2.08. The number of rotatable bonds is 6. The summed E-state index contributed by atoms with van der Waals surface area (Å²) in [6, 6.07) is 5.44. The molecule has 0 unspecified atom stereocenters. The average Bonchev–Trinajstić information content (AvgIpc) is 2.99. The normalized spacial score (nSPS) is 15.3. The van der Waals surface area contributed by atoms with E-state index in [1.165, 1.54) is 12.8 Å². The van der Waals surface area contributed by atoms with Crippen molar-refractivity contribution < 1.29 is 14.3 Å². The number of ether oxygens (including phenoxy) is 2. The minimum atomic E-state index is -0.0892. The Balaban J connectivity index is 1.87. The predicted octanol–water partition coefficient (Wildman–Crippen LogP) is 1.25. The number of carbonyl (C=O) groups excluding carboxylic acids is 1. The van der Waals surface area contributed by atoms with Gasteiger partial charge in [0.15, 0.2) is 11.5 Å². The van der Waals surface area contributed by atoms with Gasteiger partial charge >= 0.3 is 0 Å². The summed E-state index contributed by atoms with van der Waals surface area (Å²) in [5.41, 5.74) is 3.37. The number of carbonyl (C=O) groups is 1. The quantitative estimate of drug-likeness (QED) is 0.633. The molecule has 0 spiro atoms. The molecular formula is C15H21N3O3. The smallest absolute Gasteiger partial charge is 0.254 e. The lowest BCUT2D eigenvalue weighted by Gasteiger charge is -2.12. The maximum atomic E-state index is 11.7. The molecule has 0 aromatic heterocycles. The molecule has 114 valence electrons.